The molecule has 0 saturated heterocycles. The zero-order valence-electron chi connectivity index (χ0n) is 18.4. The van der Waals surface area contributed by atoms with Gasteiger partial charge in [-0.05, 0) is 36.5 Å². The van der Waals surface area contributed by atoms with E-state index in [9.17, 15) is 24.3 Å². The van der Waals surface area contributed by atoms with E-state index in [0.29, 0.717) is 17.5 Å². The number of amides is 2. The van der Waals surface area contributed by atoms with Gasteiger partial charge in [-0.15, -0.1) is 0 Å². The lowest BCUT2D eigenvalue weighted by atomic mass is 9.78. The molecule has 2 N–H and O–H groups in total. The number of imide groups is 1. The van der Waals surface area contributed by atoms with Gasteiger partial charge >= 0.3 is 5.97 Å². The van der Waals surface area contributed by atoms with Crippen LogP contribution in [0.1, 0.15) is 57.9 Å². The zero-order valence-corrected chi connectivity index (χ0v) is 18.4. The van der Waals surface area contributed by atoms with Gasteiger partial charge in [-0.2, -0.15) is 0 Å². The number of carboxylic acids is 1. The summed E-state index contributed by atoms with van der Waals surface area (Å²) in [6.45, 7) is -0.415. The number of hydrogen-bond acceptors (Lipinski definition) is 6. The monoisotopic (exact) mass is 460 g/mol. The Balaban J connectivity index is 1.49. The Morgan fingerprint density at radius 2 is 1.53 bits per heavy atom. The Morgan fingerprint density at radius 1 is 0.912 bits per heavy atom. The van der Waals surface area contributed by atoms with Crippen molar-refractivity contribution in [2.24, 2.45) is 4.99 Å². The van der Waals surface area contributed by atoms with Crippen LogP contribution in [0.4, 0.5) is 0 Å². The van der Waals surface area contributed by atoms with Crippen LogP contribution in [0.25, 0.3) is 0 Å². The van der Waals surface area contributed by atoms with Crippen LogP contribution in [-0.2, 0) is 9.59 Å². The molecule has 1 unspecified atom stereocenters. The molecule has 0 radical (unpaired) electrons. The first-order valence-corrected chi connectivity index (χ1v) is 11.1. The van der Waals surface area contributed by atoms with E-state index < -0.39 is 12.5 Å². The SMILES string of the molecule is O=C(O)CN=C1CC(c2ccccc2)CC(=O)/C1=C(\O)CCCN1C(=O)c2ccccc2C1=O. The number of nitrogens with zero attached hydrogens (tertiary/aromatic N) is 2. The highest BCUT2D eigenvalue weighted by molar-refractivity contribution is 6.25. The number of aliphatic carboxylic acids is 1. The Hall–Kier alpha value is -4.07. The first-order valence-electron chi connectivity index (χ1n) is 11.1. The first kappa shape index (κ1) is 23.1. The van der Waals surface area contributed by atoms with Crippen LogP contribution in [0, 0.1) is 0 Å². The van der Waals surface area contributed by atoms with Crippen LogP contribution in [0.2, 0.25) is 0 Å². The minimum absolute atomic E-state index is 0.0517. The molecule has 2 aromatic rings. The highest BCUT2D eigenvalue weighted by Gasteiger charge is 2.35. The standard InChI is InChI=1S/C26H24N2O6/c29-21(11-6-12-28-25(33)18-9-4-5-10-19(18)26(28)34)24-20(27-15-23(31)32)13-17(14-22(24)30)16-7-2-1-3-8-16/h1-5,7-10,17,29H,6,11-15H2,(H,31,32)/b24-21-,27-20?. The second kappa shape index (κ2) is 9.82. The van der Waals surface area contributed by atoms with Crippen molar-refractivity contribution in [3.8, 4) is 0 Å². The van der Waals surface area contributed by atoms with E-state index >= 15 is 0 Å². The van der Waals surface area contributed by atoms with E-state index in [4.69, 9.17) is 5.11 Å². The van der Waals surface area contributed by atoms with Crippen LogP contribution < -0.4 is 0 Å². The molecule has 1 aliphatic carbocycles. The lowest BCUT2D eigenvalue weighted by molar-refractivity contribution is -0.135. The van der Waals surface area contributed by atoms with E-state index in [2.05, 4.69) is 4.99 Å². The van der Waals surface area contributed by atoms with Gasteiger partial charge in [0, 0.05) is 19.4 Å². The first-order chi connectivity index (χ1) is 16.4. The highest BCUT2D eigenvalue weighted by Crippen LogP contribution is 2.34. The second-order valence-electron chi connectivity index (χ2n) is 8.33. The number of carbonyl (C=O) groups excluding carboxylic acids is 3. The van der Waals surface area contributed by atoms with E-state index in [0.717, 1.165) is 10.5 Å². The Bertz CT molecular complexity index is 1180. The largest absolute Gasteiger partial charge is 0.511 e. The quantitative estimate of drug-likeness (QED) is 0.370. The van der Waals surface area contributed by atoms with Gasteiger partial charge in [0.1, 0.15) is 12.3 Å². The topological polar surface area (TPSA) is 124 Å². The Morgan fingerprint density at radius 3 is 2.15 bits per heavy atom. The molecule has 0 bridgehead atoms. The molecule has 174 valence electrons. The number of aliphatic hydroxyl groups excluding tert-OH is 1. The van der Waals surface area contributed by atoms with Crippen molar-refractivity contribution >= 4 is 29.3 Å². The summed E-state index contributed by atoms with van der Waals surface area (Å²) in [6.07, 6.45) is 0.813. The third kappa shape index (κ3) is 4.66. The lowest BCUT2D eigenvalue weighted by Gasteiger charge is -2.26. The number of fused-ring (bicyclic) bond motifs is 1. The molecule has 2 aromatic carbocycles. The smallest absolute Gasteiger partial charge is 0.325 e. The third-order valence-electron chi connectivity index (χ3n) is 6.08. The van der Waals surface area contributed by atoms with Crippen molar-refractivity contribution in [3.63, 3.8) is 0 Å². The molecule has 1 fully saturated rings. The predicted octanol–water partition coefficient (Wildman–Crippen LogP) is 3.55. The number of ketones is 1. The van der Waals surface area contributed by atoms with Gasteiger partial charge in [0.2, 0.25) is 0 Å². The molecule has 1 atom stereocenters. The maximum atomic E-state index is 13.0. The number of aliphatic imine (C=N–C) groups is 1. The number of carbonyl (C=O) groups is 4. The van der Waals surface area contributed by atoms with E-state index in [1.807, 2.05) is 30.3 Å². The number of rotatable bonds is 7. The summed E-state index contributed by atoms with van der Waals surface area (Å²) >= 11 is 0. The molecule has 0 aromatic heterocycles. The van der Waals surface area contributed by atoms with Crippen LogP contribution in [0.5, 0.6) is 0 Å². The van der Waals surface area contributed by atoms with Crippen molar-refractivity contribution in [1.29, 1.82) is 0 Å². The fourth-order valence-electron chi connectivity index (χ4n) is 4.46. The summed E-state index contributed by atoms with van der Waals surface area (Å²) in [4.78, 5) is 54.3. The molecule has 0 spiro atoms. The van der Waals surface area contributed by atoms with Gasteiger partial charge in [0.25, 0.3) is 11.8 Å². The maximum Gasteiger partial charge on any atom is 0.325 e. The Labute approximate surface area is 196 Å². The normalized spacial score (nSPS) is 20.6. The summed E-state index contributed by atoms with van der Waals surface area (Å²) in [6, 6.07) is 16.0. The summed E-state index contributed by atoms with van der Waals surface area (Å²) < 4.78 is 0. The average molecular weight is 460 g/mol. The molecule has 1 saturated carbocycles. The summed E-state index contributed by atoms with van der Waals surface area (Å²) in [5.41, 5.74) is 1.98. The van der Waals surface area contributed by atoms with Crippen molar-refractivity contribution < 1.29 is 29.4 Å². The van der Waals surface area contributed by atoms with E-state index in [1.54, 1.807) is 24.3 Å². The minimum Gasteiger partial charge on any atom is -0.511 e. The van der Waals surface area contributed by atoms with Crippen LogP contribution >= 0.6 is 0 Å². The third-order valence-corrected chi connectivity index (χ3v) is 6.08. The molecule has 34 heavy (non-hydrogen) atoms. The molecule has 1 aliphatic heterocycles. The van der Waals surface area contributed by atoms with E-state index in [-0.39, 0.29) is 66.4 Å². The fourth-order valence-corrected chi connectivity index (χ4v) is 4.46. The molecule has 1 heterocycles. The summed E-state index contributed by atoms with van der Waals surface area (Å²) in [7, 11) is 0. The molecule has 2 amide bonds. The minimum atomic E-state index is -1.13. The number of allylic oxidation sites excluding steroid dienone is 2. The van der Waals surface area contributed by atoms with Crippen molar-refractivity contribution in [2.75, 3.05) is 13.1 Å². The Kier molecular flexibility index (Phi) is 6.67. The molecule has 8 nitrogen and oxygen atoms in total. The second-order valence-corrected chi connectivity index (χ2v) is 8.33. The van der Waals surface area contributed by atoms with Crippen molar-refractivity contribution in [2.45, 2.75) is 31.6 Å². The molecular formula is C26H24N2O6. The molecular weight excluding hydrogens is 436 g/mol. The zero-order chi connectivity index (χ0) is 24.2. The fraction of sp³-hybridized carbons (Fsp3) is 0.269. The maximum absolute atomic E-state index is 13.0. The van der Waals surface area contributed by atoms with Crippen LogP contribution in [0.15, 0.2) is 70.9 Å². The van der Waals surface area contributed by atoms with Gasteiger partial charge in [0.05, 0.1) is 22.4 Å². The summed E-state index contributed by atoms with van der Waals surface area (Å²) in [5, 5.41) is 19.8. The number of carboxylic acid groups (broad SMARTS) is 1. The number of benzene rings is 2. The van der Waals surface area contributed by atoms with Crippen LogP contribution in [-0.4, -0.2) is 57.5 Å². The van der Waals surface area contributed by atoms with Gasteiger partial charge in [-0.25, -0.2) is 0 Å². The van der Waals surface area contributed by atoms with Crippen molar-refractivity contribution in [1.82, 2.24) is 4.90 Å². The summed E-state index contributed by atoms with van der Waals surface area (Å²) in [5.74, 6) is -2.55. The lowest BCUT2D eigenvalue weighted by Crippen LogP contribution is -2.31. The van der Waals surface area contributed by atoms with Gasteiger partial charge < -0.3 is 10.2 Å². The van der Waals surface area contributed by atoms with Crippen molar-refractivity contribution in [3.05, 3.63) is 82.6 Å². The molecule has 2 aliphatic rings. The van der Waals surface area contributed by atoms with Gasteiger partial charge in [-0.3, -0.25) is 29.1 Å². The predicted molar refractivity (Wildman–Crippen MR) is 124 cm³/mol. The highest BCUT2D eigenvalue weighted by atomic mass is 16.4. The number of aliphatic hydroxyl groups is 1. The van der Waals surface area contributed by atoms with Gasteiger partial charge in [0.15, 0.2) is 5.78 Å². The van der Waals surface area contributed by atoms with E-state index in [1.165, 1.54) is 0 Å². The number of hydrogen-bond donors (Lipinski definition) is 2. The van der Waals surface area contributed by atoms with Gasteiger partial charge in [-0.1, -0.05) is 42.5 Å². The molecule has 4 rings (SSSR count). The number of Topliss-reactive ketones (excluding diaryl/α,β-unsaturated/α-hetero) is 1. The molecule has 8 heteroatoms. The average Bonchev–Trinajstić information content (AvgIpc) is 3.08. The van der Waals surface area contributed by atoms with Crippen LogP contribution in [0.3, 0.4) is 0 Å².